The molecular weight excluding hydrogens is 186 g/mol. The van der Waals surface area contributed by atoms with Gasteiger partial charge in [0.15, 0.2) is 0 Å². The van der Waals surface area contributed by atoms with Crippen LogP contribution >= 0.6 is 11.3 Å². The van der Waals surface area contributed by atoms with Crippen LogP contribution in [-0.2, 0) is 4.79 Å². The molecule has 0 aliphatic carbocycles. The number of carbonyl (C=O) groups excluding carboxylic acids is 1. The third-order valence-electron chi connectivity index (χ3n) is 1.86. The van der Waals surface area contributed by atoms with E-state index in [0.29, 0.717) is 0 Å². The maximum absolute atomic E-state index is 10.2. The number of thiazole rings is 1. The van der Waals surface area contributed by atoms with Crippen LogP contribution in [0.4, 0.5) is 0 Å². The molecule has 13 heavy (non-hydrogen) atoms. The number of amides is 1. The van der Waals surface area contributed by atoms with Crippen LogP contribution in [0.2, 0.25) is 0 Å². The molecule has 0 unspecified atom stereocenters. The van der Waals surface area contributed by atoms with Crippen LogP contribution in [0.3, 0.4) is 0 Å². The molecule has 0 saturated heterocycles. The van der Waals surface area contributed by atoms with Crippen molar-refractivity contribution in [2.75, 3.05) is 0 Å². The molecule has 4 nitrogen and oxygen atoms in total. The van der Waals surface area contributed by atoms with Gasteiger partial charge in [-0.1, -0.05) is 0 Å². The molecule has 5 heteroatoms. The molecule has 0 aromatic carbocycles. The van der Waals surface area contributed by atoms with Gasteiger partial charge < -0.3 is 5.32 Å². The SMILES string of the molecule is C[C@@H](NC=O)c1cn2cncc2s1. The Morgan fingerprint density at radius 3 is 3.31 bits per heavy atom. The van der Waals surface area contributed by atoms with Crippen molar-refractivity contribution in [1.82, 2.24) is 14.7 Å². The van der Waals surface area contributed by atoms with Crippen molar-refractivity contribution in [1.29, 1.82) is 0 Å². The molecule has 2 rings (SSSR count). The van der Waals surface area contributed by atoms with Gasteiger partial charge in [-0.25, -0.2) is 4.98 Å². The molecule has 0 fully saturated rings. The summed E-state index contributed by atoms with van der Waals surface area (Å²) in [5.41, 5.74) is 0. The number of aromatic nitrogens is 2. The van der Waals surface area contributed by atoms with Gasteiger partial charge in [0.1, 0.15) is 4.83 Å². The fraction of sp³-hybridized carbons (Fsp3) is 0.250. The highest BCUT2D eigenvalue weighted by Gasteiger charge is 2.08. The predicted molar refractivity (Wildman–Crippen MR) is 50.7 cm³/mol. The first-order valence-electron chi connectivity index (χ1n) is 3.92. The second kappa shape index (κ2) is 3.18. The Bertz CT molecular complexity index is 391. The number of fused-ring (bicyclic) bond motifs is 1. The van der Waals surface area contributed by atoms with E-state index in [1.54, 1.807) is 17.7 Å². The van der Waals surface area contributed by atoms with Crippen molar-refractivity contribution in [3.05, 3.63) is 23.6 Å². The summed E-state index contributed by atoms with van der Waals surface area (Å²) in [6, 6.07) is 0.0717. The van der Waals surface area contributed by atoms with Gasteiger partial charge in [-0.05, 0) is 6.92 Å². The minimum absolute atomic E-state index is 0.0717. The first-order chi connectivity index (χ1) is 6.31. The van der Waals surface area contributed by atoms with Gasteiger partial charge in [0.25, 0.3) is 0 Å². The van der Waals surface area contributed by atoms with Gasteiger partial charge in [0, 0.05) is 11.1 Å². The molecule has 0 aliphatic rings. The number of carbonyl (C=O) groups is 1. The molecule has 1 atom stereocenters. The summed E-state index contributed by atoms with van der Waals surface area (Å²) >= 11 is 1.63. The highest BCUT2D eigenvalue weighted by molar-refractivity contribution is 7.17. The normalized spacial score (nSPS) is 13.0. The molecule has 0 saturated carbocycles. The van der Waals surface area contributed by atoms with Gasteiger partial charge >= 0.3 is 0 Å². The Morgan fingerprint density at radius 1 is 1.77 bits per heavy atom. The summed E-state index contributed by atoms with van der Waals surface area (Å²) in [5, 5.41) is 2.71. The summed E-state index contributed by atoms with van der Waals surface area (Å²) in [6.45, 7) is 1.95. The van der Waals surface area contributed by atoms with Crippen molar-refractivity contribution >= 4 is 22.6 Å². The lowest BCUT2D eigenvalue weighted by Gasteiger charge is -2.04. The van der Waals surface area contributed by atoms with E-state index < -0.39 is 0 Å². The van der Waals surface area contributed by atoms with Gasteiger partial charge in [0.05, 0.1) is 18.6 Å². The second-order valence-corrected chi connectivity index (χ2v) is 3.87. The fourth-order valence-corrected chi connectivity index (χ4v) is 2.11. The van der Waals surface area contributed by atoms with Gasteiger partial charge in [-0.15, -0.1) is 11.3 Å². The summed E-state index contributed by atoms with van der Waals surface area (Å²) in [6.07, 6.45) is 6.26. The van der Waals surface area contributed by atoms with Gasteiger partial charge in [0.2, 0.25) is 6.41 Å². The van der Waals surface area contributed by atoms with E-state index in [1.807, 2.05) is 23.7 Å². The van der Waals surface area contributed by atoms with E-state index in [1.165, 1.54) is 0 Å². The second-order valence-electron chi connectivity index (χ2n) is 2.78. The van der Waals surface area contributed by atoms with Crippen LogP contribution in [-0.4, -0.2) is 15.8 Å². The number of imidazole rings is 1. The molecule has 0 spiro atoms. The Hall–Kier alpha value is -1.36. The lowest BCUT2D eigenvalue weighted by molar-refractivity contribution is -0.110. The van der Waals surface area contributed by atoms with E-state index in [-0.39, 0.29) is 6.04 Å². The first-order valence-corrected chi connectivity index (χ1v) is 4.74. The zero-order valence-corrected chi connectivity index (χ0v) is 7.91. The Morgan fingerprint density at radius 2 is 2.62 bits per heavy atom. The summed E-state index contributed by atoms with van der Waals surface area (Å²) in [4.78, 5) is 16.4. The predicted octanol–water partition coefficient (Wildman–Crippen LogP) is 1.20. The van der Waals surface area contributed by atoms with Gasteiger partial charge in [-0.3, -0.25) is 9.20 Å². The van der Waals surface area contributed by atoms with Crippen molar-refractivity contribution in [2.24, 2.45) is 0 Å². The molecular formula is C8H9N3OS. The third-order valence-corrected chi connectivity index (χ3v) is 3.08. The number of nitrogens with zero attached hydrogens (tertiary/aromatic N) is 2. The third kappa shape index (κ3) is 1.42. The monoisotopic (exact) mass is 195 g/mol. The number of hydrogen-bond acceptors (Lipinski definition) is 3. The number of hydrogen-bond donors (Lipinski definition) is 1. The van der Waals surface area contributed by atoms with Crippen LogP contribution in [0.15, 0.2) is 18.7 Å². The Labute approximate surface area is 79.2 Å². The zero-order valence-electron chi connectivity index (χ0n) is 7.10. The molecule has 1 N–H and O–H groups in total. The summed E-state index contributed by atoms with van der Waals surface area (Å²) in [5.74, 6) is 0. The maximum atomic E-state index is 10.2. The summed E-state index contributed by atoms with van der Waals surface area (Å²) < 4.78 is 1.95. The minimum Gasteiger partial charge on any atom is -0.351 e. The van der Waals surface area contributed by atoms with Gasteiger partial charge in [-0.2, -0.15) is 0 Å². The molecule has 0 bridgehead atoms. The fourth-order valence-electron chi connectivity index (χ4n) is 1.14. The van der Waals surface area contributed by atoms with Crippen LogP contribution < -0.4 is 5.32 Å². The lowest BCUT2D eigenvalue weighted by Crippen LogP contribution is -2.14. The molecule has 2 heterocycles. The molecule has 0 aliphatic heterocycles. The summed E-state index contributed by atoms with van der Waals surface area (Å²) in [7, 11) is 0. The topological polar surface area (TPSA) is 46.4 Å². The highest BCUT2D eigenvalue weighted by atomic mass is 32.1. The van der Waals surface area contributed by atoms with Crippen molar-refractivity contribution in [3.8, 4) is 0 Å². The number of nitrogens with one attached hydrogen (secondary N) is 1. The largest absolute Gasteiger partial charge is 0.351 e. The van der Waals surface area contributed by atoms with Crippen molar-refractivity contribution in [2.45, 2.75) is 13.0 Å². The van der Waals surface area contributed by atoms with E-state index in [9.17, 15) is 4.79 Å². The number of rotatable bonds is 3. The van der Waals surface area contributed by atoms with E-state index in [2.05, 4.69) is 10.3 Å². The smallest absolute Gasteiger partial charge is 0.207 e. The molecule has 2 aromatic rings. The maximum Gasteiger partial charge on any atom is 0.207 e. The Kier molecular flexibility index (Phi) is 2.02. The van der Waals surface area contributed by atoms with Crippen molar-refractivity contribution in [3.63, 3.8) is 0 Å². The van der Waals surface area contributed by atoms with E-state index in [0.717, 1.165) is 16.1 Å². The van der Waals surface area contributed by atoms with Crippen LogP contribution in [0.5, 0.6) is 0 Å². The minimum atomic E-state index is 0.0717. The molecule has 1 amide bonds. The van der Waals surface area contributed by atoms with E-state index >= 15 is 0 Å². The Balaban J connectivity index is 2.33. The average molecular weight is 195 g/mol. The average Bonchev–Trinajstić information content (AvgIpc) is 2.61. The van der Waals surface area contributed by atoms with Crippen LogP contribution in [0, 0.1) is 0 Å². The zero-order chi connectivity index (χ0) is 9.26. The molecule has 2 aromatic heterocycles. The van der Waals surface area contributed by atoms with Crippen LogP contribution in [0.1, 0.15) is 17.8 Å². The molecule has 68 valence electrons. The van der Waals surface area contributed by atoms with Crippen LogP contribution in [0.25, 0.3) is 4.83 Å². The quantitative estimate of drug-likeness (QED) is 0.748. The standard InChI is InChI=1S/C8H9N3OS/c1-6(10-5-12)7-3-11-4-9-2-8(11)13-7/h2-6H,1H3,(H,10,12)/t6-/m1/s1. The lowest BCUT2D eigenvalue weighted by atomic mass is 10.3. The van der Waals surface area contributed by atoms with E-state index in [4.69, 9.17) is 0 Å². The molecule has 0 radical (unpaired) electrons. The first kappa shape index (κ1) is 8.25. The van der Waals surface area contributed by atoms with Crippen molar-refractivity contribution < 1.29 is 4.79 Å². The highest BCUT2D eigenvalue weighted by Crippen LogP contribution is 2.22.